The molecule has 0 aliphatic carbocycles. The van der Waals surface area contributed by atoms with E-state index < -0.39 is 0 Å². The van der Waals surface area contributed by atoms with E-state index in [1.807, 2.05) is 0 Å². The van der Waals surface area contributed by atoms with Crippen molar-refractivity contribution in [2.45, 2.75) is 20.3 Å². The Morgan fingerprint density at radius 2 is 2.29 bits per heavy atom. The molecule has 0 amide bonds. The molecule has 7 heavy (non-hydrogen) atoms. The van der Waals surface area contributed by atoms with Crippen molar-refractivity contribution in [3.63, 3.8) is 0 Å². The van der Waals surface area contributed by atoms with Crippen LogP contribution in [0.2, 0.25) is 0 Å². The molecule has 0 aromatic carbocycles. The van der Waals surface area contributed by atoms with Crippen LogP contribution in [0.4, 0.5) is 0 Å². The third-order valence-electron chi connectivity index (χ3n) is 1.11. The molecular weight excluding hydrogens is 86.1 g/mol. The van der Waals surface area contributed by atoms with Gasteiger partial charge in [-0.15, -0.1) is 0 Å². The summed E-state index contributed by atoms with van der Waals surface area (Å²) in [6, 6.07) is 0. The predicted octanol–water partition coefficient (Wildman–Crippen LogP) is 2.00. The van der Waals surface area contributed by atoms with Gasteiger partial charge in [0.2, 0.25) is 0 Å². The van der Waals surface area contributed by atoms with Crippen molar-refractivity contribution in [2.24, 2.45) is 5.92 Å². The van der Waals surface area contributed by atoms with Gasteiger partial charge in [0.05, 0.1) is 0 Å². The lowest BCUT2D eigenvalue weighted by Gasteiger charge is -1.90. The normalized spacial score (nSPS) is 12.7. The van der Waals surface area contributed by atoms with Gasteiger partial charge < -0.3 is 0 Å². The fourth-order valence-electron chi connectivity index (χ4n) is 0.309. The highest BCUT2D eigenvalue weighted by molar-refractivity contribution is 4.69. The van der Waals surface area contributed by atoms with E-state index >= 15 is 0 Å². The van der Waals surface area contributed by atoms with Gasteiger partial charge in [-0.2, -0.15) is 0 Å². The van der Waals surface area contributed by atoms with Crippen molar-refractivity contribution >= 4 is 0 Å². The first-order valence-electron chi connectivity index (χ1n) is 2.68. The van der Waals surface area contributed by atoms with E-state index in [4.69, 9.17) is 6.57 Å². The second-order valence-electron chi connectivity index (χ2n) is 1.88. The molecule has 0 aliphatic rings. The first-order valence-corrected chi connectivity index (χ1v) is 2.68. The second kappa shape index (κ2) is 3.67. The molecule has 1 unspecified atom stereocenters. The summed E-state index contributed by atoms with van der Waals surface area (Å²) in [6.45, 7) is 10.0. The van der Waals surface area contributed by atoms with Crippen LogP contribution < -0.4 is 0 Å². The Labute approximate surface area is 45.2 Å². The zero-order valence-corrected chi connectivity index (χ0v) is 5.02. The Hall–Kier alpha value is -0.510. The molecule has 0 N–H and O–H groups in total. The molecule has 0 spiro atoms. The summed E-state index contributed by atoms with van der Waals surface area (Å²) >= 11 is 0. The van der Waals surface area contributed by atoms with Gasteiger partial charge in [0.25, 0.3) is 13.1 Å². The fourth-order valence-corrected chi connectivity index (χ4v) is 0.309. The van der Waals surface area contributed by atoms with Gasteiger partial charge in [-0.05, 0) is 6.42 Å². The molecule has 0 heterocycles. The summed E-state index contributed by atoms with van der Waals surface area (Å²) in [5, 5.41) is 0. The van der Waals surface area contributed by atoms with Crippen LogP contribution in [0, 0.1) is 12.5 Å². The Morgan fingerprint density at radius 1 is 1.71 bits per heavy atom. The van der Waals surface area contributed by atoms with Crippen LogP contribution in [0.15, 0.2) is 0 Å². The summed E-state index contributed by atoms with van der Waals surface area (Å²) < 4.78 is 0. The molecule has 1 atom stereocenters. The lowest BCUT2D eigenvalue weighted by Crippen LogP contribution is -1.92. The van der Waals surface area contributed by atoms with Gasteiger partial charge in [-0.25, -0.2) is 0 Å². The van der Waals surface area contributed by atoms with Gasteiger partial charge in [0.1, 0.15) is 0 Å². The number of rotatable bonds is 2. The van der Waals surface area contributed by atoms with Crippen LogP contribution in [-0.4, -0.2) is 6.54 Å². The monoisotopic (exact) mass is 98.1 g/mol. The molecule has 1 nitrogen and oxygen atoms in total. The third kappa shape index (κ3) is 3.32. The quantitative estimate of drug-likeness (QED) is 0.497. The maximum absolute atomic E-state index is 4.93. The number of nitrogens with zero attached hydrogens (tertiary/aromatic N) is 1. The lowest BCUT2D eigenvalue weighted by atomic mass is 10.1. The first-order chi connectivity index (χ1) is 3.31. The van der Waals surface area contributed by atoms with Gasteiger partial charge in [0.15, 0.2) is 0 Å². The molecule has 0 rings (SSSR count). The van der Waals surface area contributed by atoms with Crippen LogP contribution >= 0.6 is 0 Å². The van der Waals surface area contributed by atoms with E-state index in [1.165, 1.54) is 6.42 Å². The zero-order valence-electron chi connectivity index (χ0n) is 5.02. The summed E-state index contributed by atoms with van der Waals surface area (Å²) in [5.41, 5.74) is 0. The largest absolute Gasteiger partial charge is 0.265 e. The van der Waals surface area contributed by atoms with Crippen LogP contribution in [0.1, 0.15) is 20.3 Å². The van der Waals surface area contributed by atoms with Crippen molar-refractivity contribution in [2.75, 3.05) is 6.54 Å². The molecule has 0 fully saturated rings. The highest BCUT2D eigenvalue weighted by atomic mass is 14.6. The molecule has 0 bridgehead atoms. The standard InChI is InChI=1S/C6H12N/c1-4-6(2)5-7-3/h3,6H,4-5H2,1-2H3/q+1. The topological polar surface area (TPSA) is 4.36 Å². The van der Waals surface area contributed by atoms with Gasteiger partial charge in [0, 0.05) is 5.92 Å². The van der Waals surface area contributed by atoms with E-state index in [0.29, 0.717) is 5.92 Å². The van der Waals surface area contributed by atoms with Crippen LogP contribution in [0.3, 0.4) is 0 Å². The Morgan fingerprint density at radius 3 is 2.43 bits per heavy atom. The van der Waals surface area contributed by atoms with E-state index in [1.54, 1.807) is 0 Å². The van der Waals surface area contributed by atoms with Crippen LogP contribution in [0.25, 0.3) is 4.85 Å². The molecule has 0 saturated heterocycles. The third-order valence-corrected chi connectivity index (χ3v) is 1.11. The summed E-state index contributed by atoms with van der Waals surface area (Å²) in [6.07, 6.45) is 1.17. The van der Waals surface area contributed by atoms with Gasteiger partial charge >= 0.3 is 0 Å². The molecular formula is C6H12N+. The molecule has 1 heteroatoms. The van der Waals surface area contributed by atoms with E-state index in [-0.39, 0.29) is 0 Å². The fraction of sp³-hybridized carbons (Fsp3) is 0.833. The van der Waals surface area contributed by atoms with Crippen molar-refractivity contribution in [1.29, 1.82) is 0 Å². The average molecular weight is 98.2 g/mol. The second-order valence-corrected chi connectivity index (χ2v) is 1.88. The maximum atomic E-state index is 4.93. The minimum atomic E-state index is 0.657. The Bertz CT molecular complexity index is 70.7. The highest BCUT2D eigenvalue weighted by Gasteiger charge is 2.00. The molecule has 0 aromatic heterocycles. The maximum Gasteiger partial charge on any atom is 0.265 e. The van der Waals surface area contributed by atoms with Crippen molar-refractivity contribution in [1.82, 2.24) is 0 Å². The summed E-state index contributed by atoms with van der Waals surface area (Å²) in [5.74, 6) is 0.657. The first kappa shape index (κ1) is 6.49. The molecule has 40 valence electrons. The Kier molecular flexibility index (Phi) is 3.40. The van der Waals surface area contributed by atoms with Crippen molar-refractivity contribution in [3.05, 3.63) is 4.85 Å². The molecule has 0 aliphatic heterocycles. The average Bonchev–Trinajstić information content (AvgIpc) is 1.68. The molecule has 0 saturated carbocycles. The molecule has 0 radical (unpaired) electrons. The smallest absolute Gasteiger partial charge is 0.0866 e. The lowest BCUT2D eigenvalue weighted by molar-refractivity contribution is 0.609. The van der Waals surface area contributed by atoms with Crippen LogP contribution in [0.5, 0.6) is 0 Å². The Balaban J connectivity index is 3.03. The SMILES string of the molecule is C#[N+]CC(C)CC. The molecule has 0 aromatic rings. The predicted molar refractivity (Wildman–Crippen MR) is 32.6 cm³/mol. The van der Waals surface area contributed by atoms with E-state index in [0.717, 1.165) is 6.54 Å². The van der Waals surface area contributed by atoms with Gasteiger partial charge in [-0.3, -0.25) is 0 Å². The van der Waals surface area contributed by atoms with Crippen molar-refractivity contribution < 1.29 is 0 Å². The highest BCUT2D eigenvalue weighted by Crippen LogP contribution is 1.98. The van der Waals surface area contributed by atoms with Crippen molar-refractivity contribution in [3.8, 4) is 6.57 Å². The minimum Gasteiger partial charge on any atom is -0.0866 e. The van der Waals surface area contributed by atoms with Crippen LogP contribution in [-0.2, 0) is 0 Å². The van der Waals surface area contributed by atoms with E-state index in [9.17, 15) is 0 Å². The summed E-state index contributed by atoms with van der Waals surface area (Å²) in [4.78, 5) is 3.51. The zero-order chi connectivity index (χ0) is 5.70. The number of hydrogen-bond acceptors (Lipinski definition) is 0. The van der Waals surface area contributed by atoms with E-state index in [2.05, 4.69) is 18.7 Å². The summed E-state index contributed by atoms with van der Waals surface area (Å²) in [7, 11) is 0. The minimum absolute atomic E-state index is 0.657. The van der Waals surface area contributed by atoms with Gasteiger partial charge in [-0.1, -0.05) is 18.7 Å². The number of hydrogen-bond donors (Lipinski definition) is 0.